The van der Waals surface area contributed by atoms with Crippen molar-refractivity contribution in [2.24, 2.45) is 0 Å². The first-order chi connectivity index (χ1) is 15.7. The summed E-state index contributed by atoms with van der Waals surface area (Å²) in [5, 5.41) is 20.2. The van der Waals surface area contributed by atoms with Gasteiger partial charge in [-0.3, -0.25) is 14.7 Å². The predicted octanol–water partition coefficient (Wildman–Crippen LogP) is 5.86. The zero-order valence-electron chi connectivity index (χ0n) is 19.3. The van der Waals surface area contributed by atoms with Crippen molar-refractivity contribution in [2.45, 2.75) is 45.0 Å². The van der Waals surface area contributed by atoms with Crippen LogP contribution in [-0.4, -0.2) is 39.4 Å². The number of hydrogen-bond acceptors (Lipinski definition) is 7. The Kier molecular flexibility index (Phi) is 8.36. The number of aromatic nitrogens is 3. The SMILES string of the molecule is CCOc1cc([C@H](C[N+](=O)[O-])Sc2nnc(C)n2-c2ccc(C)c(C)c2)cc(Br)c1OCC. The highest BCUT2D eigenvalue weighted by atomic mass is 79.9. The molecule has 8 nitrogen and oxygen atoms in total. The first kappa shape index (κ1) is 25.0. The number of benzene rings is 2. The Bertz CT molecular complexity index is 1150. The van der Waals surface area contributed by atoms with E-state index < -0.39 is 5.25 Å². The number of aryl methyl sites for hydroxylation is 3. The summed E-state index contributed by atoms with van der Waals surface area (Å²) in [7, 11) is 0. The molecule has 0 unspecified atom stereocenters. The Morgan fingerprint density at radius 3 is 2.45 bits per heavy atom. The lowest BCUT2D eigenvalue weighted by Crippen LogP contribution is -2.12. The molecule has 0 aliphatic heterocycles. The van der Waals surface area contributed by atoms with Crippen molar-refractivity contribution in [2.75, 3.05) is 19.8 Å². The van der Waals surface area contributed by atoms with Crippen LogP contribution in [0.4, 0.5) is 0 Å². The fourth-order valence-corrected chi connectivity index (χ4v) is 5.10. The minimum Gasteiger partial charge on any atom is -0.490 e. The molecule has 0 N–H and O–H groups in total. The maximum Gasteiger partial charge on any atom is 0.220 e. The van der Waals surface area contributed by atoms with Crippen LogP contribution >= 0.6 is 27.7 Å². The van der Waals surface area contributed by atoms with E-state index in [1.165, 1.54) is 17.3 Å². The molecule has 0 aliphatic carbocycles. The van der Waals surface area contributed by atoms with Crippen LogP contribution in [0.2, 0.25) is 0 Å². The summed E-state index contributed by atoms with van der Waals surface area (Å²) < 4.78 is 14.1. The van der Waals surface area contributed by atoms with Gasteiger partial charge in [0.25, 0.3) is 0 Å². The lowest BCUT2D eigenvalue weighted by Gasteiger charge is -2.18. The first-order valence-corrected chi connectivity index (χ1v) is 12.3. The molecule has 0 radical (unpaired) electrons. The van der Waals surface area contributed by atoms with Crippen molar-refractivity contribution in [3.8, 4) is 17.2 Å². The van der Waals surface area contributed by atoms with Gasteiger partial charge < -0.3 is 9.47 Å². The largest absolute Gasteiger partial charge is 0.490 e. The van der Waals surface area contributed by atoms with Gasteiger partial charge in [0.2, 0.25) is 6.54 Å². The van der Waals surface area contributed by atoms with Gasteiger partial charge >= 0.3 is 0 Å². The molecule has 176 valence electrons. The Labute approximate surface area is 206 Å². The van der Waals surface area contributed by atoms with Gasteiger partial charge in [-0.2, -0.15) is 0 Å². The fourth-order valence-electron chi connectivity index (χ4n) is 3.38. The van der Waals surface area contributed by atoms with Crippen LogP contribution in [0.25, 0.3) is 5.69 Å². The molecule has 0 spiro atoms. The summed E-state index contributed by atoms with van der Waals surface area (Å²) >= 11 is 4.85. The third kappa shape index (κ3) is 5.86. The summed E-state index contributed by atoms with van der Waals surface area (Å²) in [6, 6.07) is 9.78. The average Bonchev–Trinajstić information content (AvgIpc) is 3.11. The van der Waals surface area contributed by atoms with Gasteiger partial charge in [-0.05, 0) is 91.5 Å². The number of nitrogens with zero attached hydrogens (tertiary/aromatic N) is 4. The lowest BCUT2D eigenvalue weighted by atomic mass is 10.1. The summed E-state index contributed by atoms with van der Waals surface area (Å²) in [5.74, 6) is 1.84. The molecule has 10 heteroatoms. The van der Waals surface area contributed by atoms with Crippen LogP contribution in [0.5, 0.6) is 11.5 Å². The van der Waals surface area contributed by atoms with E-state index in [1.54, 1.807) is 0 Å². The second kappa shape index (κ2) is 11.0. The minimum atomic E-state index is -0.514. The molecule has 0 saturated carbocycles. The second-order valence-corrected chi connectivity index (χ2v) is 9.48. The molecule has 0 bridgehead atoms. The zero-order valence-corrected chi connectivity index (χ0v) is 21.7. The van der Waals surface area contributed by atoms with Crippen molar-refractivity contribution < 1.29 is 14.4 Å². The smallest absolute Gasteiger partial charge is 0.220 e. The van der Waals surface area contributed by atoms with Gasteiger partial charge in [-0.25, -0.2) is 0 Å². The zero-order chi connectivity index (χ0) is 24.1. The van der Waals surface area contributed by atoms with Crippen molar-refractivity contribution >= 4 is 27.7 Å². The Morgan fingerprint density at radius 2 is 1.82 bits per heavy atom. The van der Waals surface area contributed by atoms with Crippen LogP contribution in [-0.2, 0) is 0 Å². The van der Waals surface area contributed by atoms with E-state index in [2.05, 4.69) is 39.1 Å². The summed E-state index contributed by atoms with van der Waals surface area (Å²) in [6.45, 7) is 10.4. The average molecular weight is 535 g/mol. The molecule has 0 fully saturated rings. The summed E-state index contributed by atoms with van der Waals surface area (Å²) in [4.78, 5) is 11.2. The van der Waals surface area contributed by atoms with Crippen molar-refractivity contribution in [3.63, 3.8) is 0 Å². The number of rotatable bonds is 10. The highest BCUT2D eigenvalue weighted by molar-refractivity contribution is 9.10. The van der Waals surface area contributed by atoms with E-state index in [1.807, 2.05) is 56.5 Å². The molecule has 2 aromatic carbocycles. The maximum atomic E-state index is 11.6. The number of halogens is 1. The van der Waals surface area contributed by atoms with E-state index in [-0.39, 0.29) is 11.5 Å². The summed E-state index contributed by atoms with van der Waals surface area (Å²) in [6.07, 6.45) is 0. The van der Waals surface area contributed by atoms with Gasteiger partial charge in [0.1, 0.15) is 11.1 Å². The normalized spacial score (nSPS) is 11.9. The third-order valence-electron chi connectivity index (χ3n) is 5.10. The second-order valence-electron chi connectivity index (χ2n) is 7.45. The molecule has 1 aromatic heterocycles. The number of hydrogen-bond donors (Lipinski definition) is 0. The fraction of sp³-hybridized carbons (Fsp3) is 0.391. The van der Waals surface area contributed by atoms with Crippen LogP contribution in [0.3, 0.4) is 0 Å². The topological polar surface area (TPSA) is 92.3 Å². The highest BCUT2D eigenvalue weighted by Crippen LogP contribution is 2.43. The van der Waals surface area contributed by atoms with Gasteiger partial charge in [0.05, 0.1) is 17.7 Å². The minimum absolute atomic E-state index is 0.282. The molecule has 0 amide bonds. The quantitative estimate of drug-likeness (QED) is 0.182. The maximum absolute atomic E-state index is 11.6. The van der Waals surface area contributed by atoms with Crippen LogP contribution in [0.15, 0.2) is 40.0 Å². The van der Waals surface area contributed by atoms with Crippen LogP contribution in [0.1, 0.15) is 41.6 Å². The van der Waals surface area contributed by atoms with Crippen LogP contribution < -0.4 is 9.47 Å². The van der Waals surface area contributed by atoms with Gasteiger partial charge in [0, 0.05) is 10.6 Å². The van der Waals surface area contributed by atoms with Crippen LogP contribution in [0, 0.1) is 30.9 Å². The predicted molar refractivity (Wildman–Crippen MR) is 133 cm³/mol. The standard InChI is InChI=1S/C23H27BrN4O4S/c1-6-31-20-12-17(11-19(24)22(20)32-7-2)21(13-27(29)30)33-23-26-25-16(5)28(23)18-9-8-14(3)15(4)10-18/h8-12,21H,6-7,13H2,1-5H3/t21-/m0/s1. The number of nitro groups is 1. The van der Waals surface area contributed by atoms with Gasteiger partial charge in [-0.1, -0.05) is 17.8 Å². The lowest BCUT2D eigenvalue weighted by molar-refractivity contribution is -0.479. The van der Waals surface area contributed by atoms with Gasteiger partial charge in [0.15, 0.2) is 16.7 Å². The Hall–Kier alpha value is -2.59. The number of thioether (sulfide) groups is 1. The van der Waals surface area contributed by atoms with E-state index in [0.717, 1.165) is 16.8 Å². The van der Waals surface area contributed by atoms with Crippen molar-refractivity contribution in [1.29, 1.82) is 0 Å². The Morgan fingerprint density at radius 1 is 1.09 bits per heavy atom. The molecule has 0 saturated heterocycles. The van der Waals surface area contributed by atoms with Crippen molar-refractivity contribution in [1.82, 2.24) is 14.8 Å². The van der Waals surface area contributed by atoms with E-state index in [0.29, 0.717) is 40.2 Å². The molecule has 3 rings (SSSR count). The highest BCUT2D eigenvalue weighted by Gasteiger charge is 2.26. The van der Waals surface area contributed by atoms with Crippen molar-refractivity contribution in [3.05, 3.63) is 67.4 Å². The third-order valence-corrected chi connectivity index (χ3v) is 6.87. The molecule has 1 heterocycles. The van der Waals surface area contributed by atoms with E-state index >= 15 is 0 Å². The molecular formula is C23H27BrN4O4S. The summed E-state index contributed by atoms with van der Waals surface area (Å²) in [5.41, 5.74) is 4.00. The first-order valence-electron chi connectivity index (χ1n) is 10.6. The van der Waals surface area contributed by atoms with Gasteiger partial charge in [-0.15, -0.1) is 10.2 Å². The van der Waals surface area contributed by atoms with E-state index in [4.69, 9.17) is 9.47 Å². The molecule has 1 atom stereocenters. The molecule has 33 heavy (non-hydrogen) atoms. The number of ether oxygens (including phenoxy) is 2. The molecule has 3 aromatic rings. The molecular weight excluding hydrogens is 508 g/mol. The monoisotopic (exact) mass is 534 g/mol. The Balaban J connectivity index is 2.04. The molecule has 0 aliphatic rings. The van der Waals surface area contributed by atoms with E-state index in [9.17, 15) is 10.1 Å².